The van der Waals surface area contributed by atoms with Crippen LogP contribution in [0.1, 0.15) is 59.8 Å². The van der Waals surface area contributed by atoms with E-state index in [9.17, 15) is 19.7 Å². The van der Waals surface area contributed by atoms with E-state index < -0.39 is 36.9 Å². The van der Waals surface area contributed by atoms with Gasteiger partial charge in [0.2, 0.25) is 0 Å². The van der Waals surface area contributed by atoms with Crippen LogP contribution in [-0.2, 0) is 18.6 Å². The van der Waals surface area contributed by atoms with E-state index in [-0.39, 0.29) is 25.3 Å². The van der Waals surface area contributed by atoms with Gasteiger partial charge in [0.05, 0.1) is 17.7 Å². The van der Waals surface area contributed by atoms with Crippen LogP contribution in [0.15, 0.2) is 0 Å². The zero-order valence-electron chi connectivity index (χ0n) is 16.3. The van der Waals surface area contributed by atoms with Crippen LogP contribution in [0.2, 0.25) is 0 Å². The first-order valence-corrected chi connectivity index (χ1v) is 10.7. The minimum absolute atomic E-state index is 0.116. The van der Waals surface area contributed by atoms with Crippen molar-refractivity contribution >= 4 is 15.4 Å². The molecular weight excluding hydrogens is 346 g/mol. The van der Waals surface area contributed by atoms with E-state index in [1.165, 1.54) is 7.11 Å². The Balaban J connectivity index is 2.99. The topological polar surface area (TPSA) is 105 Å². The maximum Gasteiger partial charge on any atom is 0.359 e. The molecule has 0 aromatic rings. The van der Waals surface area contributed by atoms with Gasteiger partial charge in [0.15, 0.2) is 5.34 Å². The van der Waals surface area contributed by atoms with Crippen LogP contribution in [0.4, 0.5) is 0 Å². The Morgan fingerprint density at radius 1 is 1.28 bits per heavy atom. The summed E-state index contributed by atoms with van der Waals surface area (Å²) in [5, 5.41) is 19.1. The van der Waals surface area contributed by atoms with Gasteiger partial charge in [-0.2, -0.15) is 0 Å². The molecule has 2 unspecified atom stereocenters. The summed E-state index contributed by atoms with van der Waals surface area (Å²) in [5.74, 6) is 0. The number of hydrogen-bond donors (Lipinski definition) is 3. The monoisotopic (exact) mass is 380 g/mol. The third kappa shape index (κ3) is 5.07. The van der Waals surface area contributed by atoms with Crippen molar-refractivity contribution in [3.8, 4) is 0 Å². The van der Waals surface area contributed by atoms with Gasteiger partial charge in [-0.25, -0.2) is 0 Å². The summed E-state index contributed by atoms with van der Waals surface area (Å²) in [7, 11) is -0.958. The highest BCUT2D eigenvalue weighted by molar-refractivity contribution is 7.54. The highest BCUT2D eigenvalue weighted by Gasteiger charge is 2.51. The maximum atomic E-state index is 12.8. The lowest BCUT2D eigenvalue weighted by molar-refractivity contribution is -0.0492. The van der Waals surface area contributed by atoms with Crippen LogP contribution in [0, 0.1) is 0 Å². The van der Waals surface area contributed by atoms with Gasteiger partial charge in [-0.15, -0.1) is 0 Å². The molecule has 1 saturated heterocycles. The van der Waals surface area contributed by atoms with Crippen molar-refractivity contribution in [3.05, 3.63) is 0 Å². The molecule has 0 amide bonds. The summed E-state index contributed by atoms with van der Waals surface area (Å²) in [4.78, 5) is 10.4. The number of methoxy groups -OCH3 is 1. The van der Waals surface area contributed by atoms with E-state index >= 15 is 0 Å². The lowest BCUT2D eigenvalue weighted by Gasteiger charge is -2.39. The summed E-state index contributed by atoms with van der Waals surface area (Å²) >= 11 is 0. The van der Waals surface area contributed by atoms with Crippen molar-refractivity contribution < 1.29 is 33.7 Å². The lowest BCUT2D eigenvalue weighted by Crippen LogP contribution is -2.41. The van der Waals surface area contributed by atoms with Crippen LogP contribution in [-0.4, -0.2) is 65.3 Å². The van der Waals surface area contributed by atoms with Crippen LogP contribution < -0.4 is 0 Å². The van der Waals surface area contributed by atoms with Gasteiger partial charge in [-0.05, 0) is 26.2 Å². The molecule has 0 spiro atoms. The lowest BCUT2D eigenvalue weighted by atomic mass is 9.89. The molecule has 1 heterocycles. The summed E-state index contributed by atoms with van der Waals surface area (Å²) in [6.45, 7) is 6.98. The molecule has 9 heteroatoms. The Morgan fingerprint density at radius 3 is 2.24 bits per heavy atom. The van der Waals surface area contributed by atoms with Crippen molar-refractivity contribution in [2.75, 3.05) is 7.11 Å². The Labute approximate surface area is 152 Å². The first-order valence-electron chi connectivity index (χ1n) is 9.11. The highest BCUT2D eigenvalue weighted by atomic mass is 31.2. The molecule has 6 atom stereocenters. The Morgan fingerprint density at radius 2 is 1.84 bits per heavy atom. The number of rotatable bonds is 10. The summed E-state index contributed by atoms with van der Waals surface area (Å²) in [6, 6.07) is -0.278. The maximum absolute atomic E-state index is 12.8. The van der Waals surface area contributed by atoms with Gasteiger partial charge in [-0.1, -0.05) is 27.2 Å². The normalized spacial score (nSPS) is 32.3. The van der Waals surface area contributed by atoms with Crippen molar-refractivity contribution in [2.24, 2.45) is 0 Å². The molecule has 25 heavy (non-hydrogen) atoms. The minimum atomic E-state index is -4.29. The summed E-state index contributed by atoms with van der Waals surface area (Å²) in [6.07, 6.45) is -0.156. The molecule has 1 aliphatic rings. The van der Waals surface area contributed by atoms with E-state index in [0.29, 0.717) is 6.42 Å². The highest BCUT2D eigenvalue weighted by Crippen LogP contribution is 2.60. The van der Waals surface area contributed by atoms with Crippen molar-refractivity contribution in [1.29, 1.82) is 0 Å². The summed E-state index contributed by atoms with van der Waals surface area (Å²) < 4.78 is 29.5. The quantitative estimate of drug-likeness (QED) is 0.388. The number of aliphatic hydroxyl groups excluding tert-OH is 1. The van der Waals surface area contributed by atoms with E-state index in [1.807, 2.05) is 14.8 Å². The fourth-order valence-corrected chi connectivity index (χ4v) is 5.33. The standard InChI is InChI=1S/C16H34BO7P/c1-6-9-15(4,24-25(20,21)16(19,7-2)8-3)10-11-12(18)13(22-5)14(17)23-11/h11-14,18-19H,6-10,17H2,1-5H3,(H,20,21)/t11-,12-,13-,14-,15?/m1/s1. The molecule has 0 bridgehead atoms. The number of hydrogen-bond acceptors (Lipinski definition) is 6. The third-order valence-corrected chi connectivity index (χ3v) is 7.63. The second-order valence-electron chi connectivity index (χ2n) is 7.28. The van der Waals surface area contributed by atoms with Gasteiger partial charge in [0.1, 0.15) is 20.1 Å². The van der Waals surface area contributed by atoms with E-state index in [2.05, 4.69) is 0 Å². The van der Waals surface area contributed by atoms with Gasteiger partial charge >= 0.3 is 7.60 Å². The first-order chi connectivity index (χ1) is 11.5. The predicted octanol–water partition coefficient (Wildman–Crippen LogP) is 1.38. The van der Waals surface area contributed by atoms with Crippen LogP contribution in [0.5, 0.6) is 0 Å². The molecule has 0 aromatic carbocycles. The second kappa shape index (κ2) is 8.83. The third-order valence-electron chi connectivity index (χ3n) is 5.26. The van der Waals surface area contributed by atoms with Gasteiger partial charge in [-0.3, -0.25) is 4.57 Å². The largest absolute Gasteiger partial charge is 0.388 e. The van der Waals surface area contributed by atoms with Gasteiger partial charge < -0.3 is 29.1 Å². The fraction of sp³-hybridized carbons (Fsp3) is 1.00. The predicted molar refractivity (Wildman–Crippen MR) is 98.4 cm³/mol. The van der Waals surface area contributed by atoms with Crippen molar-refractivity contribution in [1.82, 2.24) is 0 Å². The second-order valence-corrected chi connectivity index (χ2v) is 9.33. The van der Waals surface area contributed by atoms with Crippen LogP contribution in [0.25, 0.3) is 0 Å². The molecule has 1 fully saturated rings. The van der Waals surface area contributed by atoms with E-state index in [0.717, 1.165) is 6.42 Å². The first kappa shape index (κ1) is 23.1. The van der Waals surface area contributed by atoms with Crippen LogP contribution in [0.3, 0.4) is 0 Å². The molecule has 148 valence electrons. The average molecular weight is 380 g/mol. The molecule has 0 aliphatic carbocycles. The minimum Gasteiger partial charge on any atom is -0.388 e. The van der Waals surface area contributed by atoms with E-state index in [1.54, 1.807) is 20.8 Å². The Bertz CT molecular complexity index is 473. The average Bonchev–Trinajstić information content (AvgIpc) is 2.78. The Kier molecular flexibility index (Phi) is 8.16. The molecule has 1 rings (SSSR count). The van der Waals surface area contributed by atoms with E-state index in [4.69, 9.17) is 14.0 Å². The zero-order chi connectivity index (χ0) is 19.5. The van der Waals surface area contributed by atoms with Gasteiger partial charge in [0.25, 0.3) is 0 Å². The van der Waals surface area contributed by atoms with Crippen molar-refractivity contribution in [3.63, 3.8) is 0 Å². The molecule has 3 N–H and O–H groups in total. The van der Waals surface area contributed by atoms with Gasteiger partial charge in [0, 0.05) is 13.5 Å². The molecular formula is C16H34BO7P. The fourth-order valence-electron chi connectivity index (χ4n) is 3.60. The zero-order valence-corrected chi connectivity index (χ0v) is 17.2. The smallest absolute Gasteiger partial charge is 0.359 e. The van der Waals surface area contributed by atoms with Crippen molar-refractivity contribution in [2.45, 2.75) is 95.1 Å². The number of ether oxygens (including phenoxy) is 2. The molecule has 0 aromatic heterocycles. The number of aliphatic hydroxyl groups is 2. The van der Waals surface area contributed by atoms with Crippen LogP contribution >= 0.6 is 7.60 Å². The molecule has 1 aliphatic heterocycles. The molecule has 0 saturated carbocycles. The molecule has 0 radical (unpaired) electrons. The summed E-state index contributed by atoms with van der Waals surface area (Å²) in [5.41, 5.74) is -1.01. The SMILES string of the molecule is B[C@@H]1O[C@H](CC(C)(CCC)OP(=O)(O)C(O)(CC)CC)[C@@H](O)[C@H]1OC. The molecule has 7 nitrogen and oxygen atoms in total. The Hall–Kier alpha value is 0.0549.